The van der Waals surface area contributed by atoms with Crippen molar-refractivity contribution in [2.75, 3.05) is 38.7 Å². The maximum atomic E-state index is 13.5. The van der Waals surface area contributed by atoms with E-state index in [1.165, 1.54) is 24.3 Å². The van der Waals surface area contributed by atoms with Crippen LogP contribution >= 0.6 is 0 Å². The summed E-state index contributed by atoms with van der Waals surface area (Å²) in [5, 5.41) is 2.82. The van der Waals surface area contributed by atoms with Gasteiger partial charge in [-0.05, 0) is 79.8 Å². The van der Waals surface area contributed by atoms with Gasteiger partial charge >= 0.3 is 0 Å². The fourth-order valence-electron chi connectivity index (χ4n) is 3.96. The molecule has 0 bridgehead atoms. The van der Waals surface area contributed by atoms with Crippen LogP contribution in [0.4, 0.5) is 14.5 Å². The number of rotatable bonds is 11. The molecule has 0 aliphatic heterocycles. The van der Waals surface area contributed by atoms with Gasteiger partial charge in [0.25, 0.3) is 5.91 Å². The predicted molar refractivity (Wildman–Crippen MR) is 147 cm³/mol. The molecule has 39 heavy (non-hydrogen) atoms. The average Bonchev–Trinajstić information content (AvgIpc) is 2.96. The van der Waals surface area contributed by atoms with Crippen LogP contribution in [0.2, 0.25) is 0 Å². The molecule has 0 atom stereocenters. The Hall–Kier alpha value is -4.37. The van der Waals surface area contributed by atoms with Gasteiger partial charge in [-0.1, -0.05) is 13.8 Å². The molecule has 3 aromatic carbocycles. The summed E-state index contributed by atoms with van der Waals surface area (Å²) in [6.07, 6.45) is 0. The molecule has 0 saturated carbocycles. The number of nitrogens with one attached hydrogen (secondary N) is 1. The van der Waals surface area contributed by atoms with Crippen LogP contribution in [0.5, 0.6) is 11.5 Å². The van der Waals surface area contributed by atoms with E-state index in [9.17, 15) is 13.6 Å². The van der Waals surface area contributed by atoms with Crippen LogP contribution in [0.3, 0.4) is 0 Å². The maximum Gasteiger partial charge on any atom is 0.293 e. The van der Waals surface area contributed by atoms with Gasteiger partial charge in [-0.3, -0.25) is 4.79 Å². The van der Waals surface area contributed by atoms with Crippen LogP contribution in [0, 0.1) is 11.6 Å². The van der Waals surface area contributed by atoms with E-state index < -0.39 is 5.91 Å². The van der Waals surface area contributed by atoms with E-state index in [1.807, 2.05) is 0 Å². The highest BCUT2D eigenvalue weighted by molar-refractivity contribution is 6.02. The Kier molecular flexibility index (Phi) is 9.17. The minimum Gasteiger partial charge on any atom is -0.493 e. The number of carbonyl (C=O) groups excluding carboxylic acids is 1. The van der Waals surface area contributed by atoms with Gasteiger partial charge < -0.3 is 19.7 Å². The van der Waals surface area contributed by atoms with E-state index in [1.54, 1.807) is 55.6 Å². The van der Waals surface area contributed by atoms with E-state index in [2.05, 4.69) is 34.0 Å². The molecular weight excluding hydrogens is 502 g/mol. The van der Waals surface area contributed by atoms with E-state index in [4.69, 9.17) is 9.47 Å². The van der Waals surface area contributed by atoms with Crippen LogP contribution in [0.1, 0.15) is 24.5 Å². The van der Waals surface area contributed by atoms with E-state index in [0.717, 1.165) is 19.6 Å². The van der Waals surface area contributed by atoms with Crippen LogP contribution in [0.25, 0.3) is 22.5 Å². The molecule has 202 valence electrons. The van der Waals surface area contributed by atoms with Gasteiger partial charge in [0.05, 0.1) is 18.5 Å². The lowest BCUT2D eigenvalue weighted by molar-refractivity contribution is 0.101. The molecule has 4 rings (SSSR count). The zero-order valence-corrected chi connectivity index (χ0v) is 22.1. The zero-order valence-electron chi connectivity index (χ0n) is 22.1. The molecule has 7 nitrogen and oxygen atoms in total. The number of benzene rings is 3. The molecule has 1 N–H and O–H groups in total. The molecule has 1 amide bonds. The van der Waals surface area contributed by atoms with E-state index in [-0.39, 0.29) is 17.5 Å². The lowest BCUT2D eigenvalue weighted by Gasteiger charge is -2.19. The first kappa shape index (κ1) is 27.7. The molecule has 1 heterocycles. The normalized spacial score (nSPS) is 10.9. The highest BCUT2D eigenvalue weighted by Gasteiger charge is 2.17. The Morgan fingerprint density at radius 2 is 1.38 bits per heavy atom. The quantitative estimate of drug-likeness (QED) is 0.253. The number of hydrogen-bond donors (Lipinski definition) is 1. The molecule has 0 unspecified atom stereocenters. The number of halogens is 2. The third-order valence-corrected chi connectivity index (χ3v) is 6.19. The Labute approximate surface area is 226 Å². The summed E-state index contributed by atoms with van der Waals surface area (Å²) in [6, 6.07) is 18.3. The van der Waals surface area contributed by atoms with Crippen LogP contribution in [0.15, 0.2) is 72.8 Å². The van der Waals surface area contributed by atoms with Crippen LogP contribution in [-0.2, 0) is 0 Å². The maximum absolute atomic E-state index is 13.5. The number of methoxy groups -OCH3 is 1. The minimum atomic E-state index is -0.554. The van der Waals surface area contributed by atoms with Crippen molar-refractivity contribution in [3.8, 4) is 34.0 Å². The lowest BCUT2D eigenvalue weighted by Crippen LogP contribution is -2.28. The standard InChI is InChI=1S/C30H30F2N4O3/c1-4-36(5-2)16-17-39-28-18-24(14-15-27(28)38-3)33-30(37)29-34-25(20-6-10-22(31)11-7-20)19-26(35-29)21-8-12-23(32)13-9-21/h6-15,18-19H,4-5,16-17H2,1-3H3,(H,33,37). The fraction of sp³-hybridized carbons (Fsp3) is 0.233. The third kappa shape index (κ3) is 7.14. The average molecular weight is 533 g/mol. The first-order valence-corrected chi connectivity index (χ1v) is 12.7. The second-order valence-corrected chi connectivity index (χ2v) is 8.67. The second kappa shape index (κ2) is 12.9. The minimum absolute atomic E-state index is 0.101. The van der Waals surface area contributed by atoms with Gasteiger partial charge in [0.2, 0.25) is 5.82 Å². The van der Waals surface area contributed by atoms with Crippen molar-refractivity contribution < 1.29 is 23.0 Å². The van der Waals surface area contributed by atoms with Gasteiger partial charge in [0.1, 0.15) is 18.2 Å². The van der Waals surface area contributed by atoms with Crippen LogP contribution in [-0.4, -0.2) is 54.1 Å². The first-order chi connectivity index (χ1) is 18.9. The molecule has 0 fully saturated rings. The summed E-state index contributed by atoms with van der Waals surface area (Å²) in [5.41, 5.74) is 2.51. The summed E-state index contributed by atoms with van der Waals surface area (Å²) < 4.78 is 38.4. The number of nitrogens with zero attached hydrogens (tertiary/aromatic N) is 3. The van der Waals surface area contributed by atoms with Crippen LogP contribution < -0.4 is 14.8 Å². The Bertz CT molecular complexity index is 1350. The number of carbonyl (C=O) groups is 1. The van der Waals surface area contributed by atoms with Crippen molar-refractivity contribution >= 4 is 11.6 Å². The highest BCUT2D eigenvalue weighted by Crippen LogP contribution is 2.31. The number of ether oxygens (including phenoxy) is 2. The molecule has 0 aliphatic carbocycles. The van der Waals surface area contributed by atoms with Gasteiger partial charge in [-0.15, -0.1) is 0 Å². The summed E-state index contributed by atoms with van der Waals surface area (Å²) in [4.78, 5) is 24.4. The number of amides is 1. The van der Waals surface area contributed by atoms with E-state index in [0.29, 0.717) is 46.3 Å². The van der Waals surface area contributed by atoms with Gasteiger partial charge in [-0.2, -0.15) is 0 Å². The molecule has 0 radical (unpaired) electrons. The Morgan fingerprint density at radius 3 is 1.90 bits per heavy atom. The van der Waals surface area contributed by atoms with Crippen molar-refractivity contribution in [2.45, 2.75) is 13.8 Å². The van der Waals surface area contributed by atoms with Crippen molar-refractivity contribution in [3.05, 3.63) is 90.3 Å². The summed E-state index contributed by atoms with van der Waals surface area (Å²) in [6.45, 7) is 7.24. The second-order valence-electron chi connectivity index (χ2n) is 8.67. The molecule has 0 aliphatic rings. The third-order valence-electron chi connectivity index (χ3n) is 6.19. The number of likely N-dealkylation sites (N-methyl/N-ethyl adjacent to an activating group) is 1. The molecule has 4 aromatic rings. The number of hydrogen-bond acceptors (Lipinski definition) is 6. The van der Waals surface area contributed by atoms with Gasteiger partial charge in [-0.25, -0.2) is 18.7 Å². The summed E-state index contributed by atoms with van der Waals surface area (Å²) in [7, 11) is 1.55. The number of aromatic nitrogens is 2. The van der Waals surface area contributed by atoms with Crippen molar-refractivity contribution in [2.24, 2.45) is 0 Å². The van der Waals surface area contributed by atoms with E-state index >= 15 is 0 Å². The molecule has 9 heteroatoms. The van der Waals surface area contributed by atoms with Crippen molar-refractivity contribution in [1.29, 1.82) is 0 Å². The topological polar surface area (TPSA) is 76.6 Å². The SMILES string of the molecule is CCN(CC)CCOc1cc(NC(=O)c2nc(-c3ccc(F)cc3)cc(-c3ccc(F)cc3)n2)ccc1OC. The van der Waals surface area contributed by atoms with Gasteiger partial charge in [0, 0.05) is 29.4 Å². The van der Waals surface area contributed by atoms with Crippen molar-refractivity contribution in [3.63, 3.8) is 0 Å². The smallest absolute Gasteiger partial charge is 0.293 e. The summed E-state index contributed by atoms with van der Waals surface area (Å²) in [5.74, 6) is -0.396. The zero-order chi connectivity index (χ0) is 27.8. The lowest BCUT2D eigenvalue weighted by atomic mass is 10.1. The molecule has 0 spiro atoms. The molecule has 0 saturated heterocycles. The highest BCUT2D eigenvalue weighted by atomic mass is 19.1. The largest absolute Gasteiger partial charge is 0.493 e. The Morgan fingerprint density at radius 1 is 0.821 bits per heavy atom. The first-order valence-electron chi connectivity index (χ1n) is 12.7. The Balaban J connectivity index is 1.62. The monoisotopic (exact) mass is 532 g/mol. The molecular formula is C30H30F2N4O3. The fourth-order valence-corrected chi connectivity index (χ4v) is 3.96. The summed E-state index contributed by atoms with van der Waals surface area (Å²) >= 11 is 0. The number of anilines is 1. The molecule has 1 aromatic heterocycles. The van der Waals surface area contributed by atoms with Crippen molar-refractivity contribution in [1.82, 2.24) is 14.9 Å². The van der Waals surface area contributed by atoms with Gasteiger partial charge in [0.15, 0.2) is 11.5 Å². The predicted octanol–water partition coefficient (Wildman–Crippen LogP) is 6.07.